The molecule has 1 aliphatic heterocycles. The van der Waals surface area contributed by atoms with E-state index < -0.39 is 5.97 Å². The second kappa shape index (κ2) is 5.91. The van der Waals surface area contributed by atoms with Crippen LogP contribution in [0.2, 0.25) is 0 Å². The number of rotatable bonds is 2. The molecule has 8 nitrogen and oxygen atoms in total. The molecule has 26 heavy (non-hydrogen) atoms. The number of carbonyl (C=O) groups is 2. The van der Waals surface area contributed by atoms with Gasteiger partial charge in [-0.25, -0.2) is 14.8 Å². The van der Waals surface area contributed by atoms with Crippen LogP contribution >= 0.6 is 0 Å². The highest BCUT2D eigenvalue weighted by molar-refractivity contribution is 5.97. The number of aromatic nitrogens is 4. The van der Waals surface area contributed by atoms with Gasteiger partial charge in [-0.05, 0) is 38.5 Å². The molecular weight excluding hydrogens is 334 g/mol. The van der Waals surface area contributed by atoms with E-state index in [2.05, 4.69) is 20.2 Å². The fourth-order valence-corrected chi connectivity index (χ4v) is 3.21. The summed E-state index contributed by atoms with van der Waals surface area (Å²) in [7, 11) is 0. The number of aromatic amines is 1. The highest BCUT2D eigenvalue weighted by atomic mass is 16.4. The van der Waals surface area contributed by atoms with Crippen LogP contribution in [0.15, 0.2) is 18.2 Å². The Balaban J connectivity index is 1.62. The predicted octanol–water partition coefficient (Wildman–Crippen LogP) is 1.87. The monoisotopic (exact) mass is 351 g/mol. The van der Waals surface area contributed by atoms with E-state index in [1.807, 2.05) is 13.8 Å². The first-order valence-electron chi connectivity index (χ1n) is 8.27. The standard InChI is InChI=1S/C18H17N5O3/c1-9-10(2)20-14-7-11(3-4-13(14)19-9)17(24)23-6-5-12-15(8-23)21-22-16(12)18(25)26/h3-4,7H,5-6,8H2,1-2H3,(H,21,22)(H,25,26). The van der Waals surface area contributed by atoms with Crippen molar-refractivity contribution < 1.29 is 14.7 Å². The average Bonchev–Trinajstić information content (AvgIpc) is 3.05. The van der Waals surface area contributed by atoms with Gasteiger partial charge in [-0.15, -0.1) is 0 Å². The van der Waals surface area contributed by atoms with Gasteiger partial charge in [0.2, 0.25) is 0 Å². The van der Waals surface area contributed by atoms with Gasteiger partial charge in [0.1, 0.15) is 0 Å². The van der Waals surface area contributed by atoms with Gasteiger partial charge in [0.25, 0.3) is 5.91 Å². The molecule has 0 unspecified atom stereocenters. The zero-order valence-electron chi connectivity index (χ0n) is 14.4. The summed E-state index contributed by atoms with van der Waals surface area (Å²) in [6, 6.07) is 5.30. The summed E-state index contributed by atoms with van der Waals surface area (Å²) in [4.78, 5) is 34.7. The second-order valence-corrected chi connectivity index (χ2v) is 6.41. The Labute approximate surface area is 148 Å². The van der Waals surface area contributed by atoms with E-state index in [0.29, 0.717) is 41.8 Å². The van der Waals surface area contributed by atoms with Crippen LogP contribution in [-0.2, 0) is 13.0 Å². The molecule has 1 aliphatic rings. The summed E-state index contributed by atoms with van der Waals surface area (Å²) in [6.45, 7) is 4.55. The largest absolute Gasteiger partial charge is 0.476 e. The lowest BCUT2D eigenvalue weighted by Crippen LogP contribution is -2.36. The first-order chi connectivity index (χ1) is 12.4. The maximum Gasteiger partial charge on any atom is 0.356 e. The van der Waals surface area contributed by atoms with Gasteiger partial charge in [0.15, 0.2) is 5.69 Å². The Morgan fingerprint density at radius 2 is 1.88 bits per heavy atom. The number of aryl methyl sites for hydroxylation is 2. The molecule has 132 valence electrons. The zero-order valence-corrected chi connectivity index (χ0v) is 14.4. The normalized spacial score (nSPS) is 13.7. The lowest BCUT2D eigenvalue weighted by Gasteiger charge is -2.26. The van der Waals surface area contributed by atoms with Gasteiger partial charge >= 0.3 is 5.97 Å². The van der Waals surface area contributed by atoms with Gasteiger partial charge in [-0.3, -0.25) is 9.89 Å². The van der Waals surface area contributed by atoms with E-state index in [-0.39, 0.29) is 11.6 Å². The van der Waals surface area contributed by atoms with Crippen LogP contribution in [0, 0.1) is 13.8 Å². The molecule has 1 aromatic carbocycles. The summed E-state index contributed by atoms with van der Waals surface area (Å²) in [5.74, 6) is -1.18. The first-order valence-corrected chi connectivity index (χ1v) is 8.27. The summed E-state index contributed by atoms with van der Waals surface area (Å²) in [5, 5.41) is 15.7. The minimum atomic E-state index is -1.05. The fourth-order valence-electron chi connectivity index (χ4n) is 3.21. The third-order valence-electron chi connectivity index (χ3n) is 4.75. The number of H-pyrrole nitrogens is 1. The van der Waals surface area contributed by atoms with E-state index in [4.69, 9.17) is 5.11 Å². The fraction of sp³-hybridized carbons (Fsp3) is 0.278. The molecule has 0 saturated heterocycles. The lowest BCUT2D eigenvalue weighted by atomic mass is 10.0. The van der Waals surface area contributed by atoms with Gasteiger partial charge in [-0.1, -0.05) is 0 Å². The summed E-state index contributed by atoms with van der Waals surface area (Å²) in [5.41, 5.74) is 5.08. The molecule has 3 aromatic rings. The van der Waals surface area contributed by atoms with Crippen LogP contribution in [0.1, 0.15) is 43.5 Å². The van der Waals surface area contributed by atoms with Crippen molar-refractivity contribution in [2.75, 3.05) is 6.54 Å². The van der Waals surface area contributed by atoms with Gasteiger partial charge < -0.3 is 10.0 Å². The highest BCUT2D eigenvalue weighted by Gasteiger charge is 2.27. The van der Waals surface area contributed by atoms with Crippen LogP contribution in [0.3, 0.4) is 0 Å². The number of aromatic carboxylic acids is 1. The van der Waals surface area contributed by atoms with Crippen LogP contribution in [0.5, 0.6) is 0 Å². The molecule has 0 bridgehead atoms. The predicted molar refractivity (Wildman–Crippen MR) is 93.0 cm³/mol. The number of hydrogen-bond acceptors (Lipinski definition) is 5. The number of amides is 1. The van der Waals surface area contributed by atoms with Crippen molar-refractivity contribution in [3.63, 3.8) is 0 Å². The zero-order chi connectivity index (χ0) is 18.4. The van der Waals surface area contributed by atoms with E-state index in [0.717, 1.165) is 16.9 Å². The number of carboxylic acids is 1. The molecule has 3 heterocycles. The number of nitrogens with one attached hydrogen (secondary N) is 1. The van der Waals surface area contributed by atoms with E-state index >= 15 is 0 Å². The molecule has 0 atom stereocenters. The molecule has 0 saturated carbocycles. The van der Waals surface area contributed by atoms with Crippen LogP contribution in [0.25, 0.3) is 11.0 Å². The highest BCUT2D eigenvalue weighted by Crippen LogP contribution is 2.23. The Bertz CT molecular complexity index is 1060. The number of nitrogens with zero attached hydrogens (tertiary/aromatic N) is 4. The number of benzene rings is 1. The molecule has 0 spiro atoms. The Kier molecular flexibility index (Phi) is 3.68. The molecule has 0 radical (unpaired) electrons. The van der Waals surface area contributed by atoms with Crippen molar-refractivity contribution >= 4 is 22.9 Å². The third-order valence-corrected chi connectivity index (χ3v) is 4.75. The van der Waals surface area contributed by atoms with Crippen molar-refractivity contribution in [1.82, 2.24) is 25.1 Å². The molecule has 2 aromatic heterocycles. The molecule has 1 amide bonds. The lowest BCUT2D eigenvalue weighted by molar-refractivity contribution is 0.0689. The molecule has 2 N–H and O–H groups in total. The Morgan fingerprint density at radius 1 is 1.15 bits per heavy atom. The maximum absolute atomic E-state index is 12.9. The number of carboxylic acid groups (broad SMARTS) is 1. The Hall–Kier alpha value is -3.29. The quantitative estimate of drug-likeness (QED) is 0.729. The van der Waals surface area contributed by atoms with Gasteiger partial charge in [0, 0.05) is 17.7 Å². The van der Waals surface area contributed by atoms with Crippen molar-refractivity contribution in [3.8, 4) is 0 Å². The Morgan fingerprint density at radius 3 is 2.62 bits per heavy atom. The SMILES string of the molecule is Cc1nc2ccc(C(=O)N3CCc4c(C(=O)O)n[nH]c4C3)cc2nc1C. The first kappa shape index (κ1) is 16.2. The average molecular weight is 351 g/mol. The number of carbonyl (C=O) groups excluding carboxylic acids is 1. The van der Waals surface area contributed by atoms with Crippen molar-refractivity contribution in [2.24, 2.45) is 0 Å². The summed E-state index contributed by atoms with van der Waals surface area (Å²) in [6.07, 6.45) is 0.463. The number of fused-ring (bicyclic) bond motifs is 2. The summed E-state index contributed by atoms with van der Waals surface area (Å²) >= 11 is 0. The van der Waals surface area contributed by atoms with Crippen molar-refractivity contribution in [1.29, 1.82) is 0 Å². The molecule has 8 heteroatoms. The molecular formula is C18H17N5O3. The van der Waals surface area contributed by atoms with E-state index in [1.165, 1.54) is 0 Å². The van der Waals surface area contributed by atoms with Crippen molar-refractivity contribution in [3.05, 3.63) is 52.1 Å². The topological polar surface area (TPSA) is 112 Å². The van der Waals surface area contributed by atoms with Gasteiger partial charge in [0.05, 0.1) is 34.7 Å². The maximum atomic E-state index is 12.9. The van der Waals surface area contributed by atoms with Crippen molar-refractivity contribution in [2.45, 2.75) is 26.8 Å². The number of hydrogen-bond donors (Lipinski definition) is 2. The third kappa shape index (κ3) is 2.59. The molecule has 0 fully saturated rings. The molecule has 0 aliphatic carbocycles. The molecule has 4 rings (SSSR count). The van der Waals surface area contributed by atoms with Crippen LogP contribution in [0.4, 0.5) is 0 Å². The minimum absolute atomic E-state index is 0.0407. The van der Waals surface area contributed by atoms with Crippen LogP contribution in [-0.4, -0.2) is 48.6 Å². The van der Waals surface area contributed by atoms with E-state index in [9.17, 15) is 9.59 Å². The van der Waals surface area contributed by atoms with Gasteiger partial charge in [-0.2, -0.15) is 5.10 Å². The summed E-state index contributed by atoms with van der Waals surface area (Å²) < 4.78 is 0. The smallest absolute Gasteiger partial charge is 0.356 e. The van der Waals surface area contributed by atoms with Crippen LogP contribution < -0.4 is 0 Å². The second-order valence-electron chi connectivity index (χ2n) is 6.41. The van der Waals surface area contributed by atoms with E-state index in [1.54, 1.807) is 23.1 Å². The minimum Gasteiger partial charge on any atom is -0.476 e.